The van der Waals surface area contributed by atoms with Crippen molar-refractivity contribution in [3.05, 3.63) is 76.3 Å². The molecule has 1 fully saturated rings. The lowest BCUT2D eigenvalue weighted by atomic mass is 10.1. The van der Waals surface area contributed by atoms with Gasteiger partial charge in [-0.05, 0) is 64.4 Å². The third-order valence-corrected chi connectivity index (χ3v) is 5.28. The van der Waals surface area contributed by atoms with Gasteiger partial charge in [-0.25, -0.2) is 0 Å². The molecule has 0 radical (unpaired) electrons. The van der Waals surface area contributed by atoms with Crippen LogP contribution in [-0.2, 0) is 16.2 Å². The van der Waals surface area contributed by atoms with Gasteiger partial charge in [-0.1, -0.05) is 36.4 Å². The van der Waals surface area contributed by atoms with Crippen LogP contribution in [0.2, 0.25) is 0 Å². The average molecular weight is 501 g/mol. The summed E-state index contributed by atoms with van der Waals surface area (Å²) in [6.07, 6.45) is 3.05. The first-order valence-corrected chi connectivity index (χ1v) is 10.8. The zero-order chi connectivity index (χ0) is 22.4. The molecule has 0 bridgehead atoms. The Hall–Kier alpha value is -2.97. The number of ether oxygens (including phenoxy) is 2. The number of carbonyl (C=O) groups excluding carboxylic acids is 2. The average Bonchev–Trinajstić information content (AvgIpc) is 2.74. The highest BCUT2D eigenvalue weighted by Gasteiger charge is 2.32. The second-order valence-corrected chi connectivity index (χ2v) is 7.80. The first-order chi connectivity index (χ1) is 14.9. The second-order valence-electron chi connectivity index (χ2n) is 6.56. The molecule has 6 nitrogen and oxygen atoms in total. The van der Waals surface area contributed by atoms with E-state index in [4.69, 9.17) is 21.7 Å². The number of benzene rings is 2. The van der Waals surface area contributed by atoms with Crippen molar-refractivity contribution in [1.29, 1.82) is 0 Å². The highest BCUT2D eigenvalue weighted by molar-refractivity contribution is 9.10. The van der Waals surface area contributed by atoms with Gasteiger partial charge in [0.1, 0.15) is 12.2 Å². The molecule has 1 aliphatic rings. The van der Waals surface area contributed by atoms with Crippen molar-refractivity contribution in [3.63, 3.8) is 0 Å². The Morgan fingerprint density at radius 2 is 1.94 bits per heavy atom. The Morgan fingerprint density at radius 3 is 2.61 bits per heavy atom. The maximum Gasteiger partial charge on any atom is 0.265 e. The number of halogens is 1. The van der Waals surface area contributed by atoms with Gasteiger partial charge in [0.2, 0.25) is 0 Å². The molecule has 1 heterocycles. The van der Waals surface area contributed by atoms with Gasteiger partial charge in [-0.2, -0.15) is 0 Å². The first-order valence-electron chi connectivity index (χ1n) is 9.57. The summed E-state index contributed by atoms with van der Waals surface area (Å²) in [5.74, 6) is 0.0180. The van der Waals surface area contributed by atoms with E-state index in [-0.39, 0.29) is 17.2 Å². The lowest BCUT2D eigenvalue weighted by Gasteiger charge is -2.27. The van der Waals surface area contributed by atoms with Crippen LogP contribution in [0, 0.1) is 0 Å². The Bertz CT molecular complexity index is 1050. The van der Waals surface area contributed by atoms with Gasteiger partial charge in [0.25, 0.3) is 11.8 Å². The van der Waals surface area contributed by atoms with Crippen LogP contribution in [-0.4, -0.2) is 35.0 Å². The maximum absolute atomic E-state index is 12.8. The minimum atomic E-state index is -0.547. The summed E-state index contributed by atoms with van der Waals surface area (Å²) in [5, 5.41) is 2.60. The van der Waals surface area contributed by atoms with Gasteiger partial charge in [-0.15, -0.1) is 6.58 Å². The molecular weight excluding hydrogens is 480 g/mol. The van der Waals surface area contributed by atoms with Crippen LogP contribution in [0.5, 0.6) is 11.5 Å². The molecule has 0 spiro atoms. The summed E-state index contributed by atoms with van der Waals surface area (Å²) in [6.45, 7) is 6.49. The highest BCUT2D eigenvalue weighted by atomic mass is 79.9. The molecule has 0 aromatic heterocycles. The summed E-state index contributed by atoms with van der Waals surface area (Å²) in [6, 6.07) is 13.3. The molecule has 0 saturated carbocycles. The highest BCUT2D eigenvalue weighted by Crippen LogP contribution is 2.38. The molecule has 2 aromatic carbocycles. The van der Waals surface area contributed by atoms with Crippen molar-refractivity contribution in [2.24, 2.45) is 0 Å². The molecule has 2 amide bonds. The number of thiocarbonyl (C=S) groups is 1. The van der Waals surface area contributed by atoms with Crippen molar-refractivity contribution in [1.82, 2.24) is 10.2 Å². The second kappa shape index (κ2) is 10.4. The third-order valence-electron chi connectivity index (χ3n) is 4.37. The standard InChI is InChI=1S/C23H21BrN2O4S/c1-3-10-26-22(28)17(21(27)25-23(26)31)11-16-12-18(24)20(19(13-16)29-4-2)30-14-15-8-6-5-7-9-15/h3,5-9,11-13H,1,4,10,14H2,2H3,(H,25,27,31)/b17-11-. The van der Waals surface area contributed by atoms with Crippen molar-refractivity contribution in [2.45, 2.75) is 13.5 Å². The Morgan fingerprint density at radius 1 is 1.19 bits per heavy atom. The summed E-state index contributed by atoms with van der Waals surface area (Å²) < 4.78 is 12.4. The predicted molar refractivity (Wildman–Crippen MR) is 127 cm³/mol. The van der Waals surface area contributed by atoms with E-state index >= 15 is 0 Å². The van der Waals surface area contributed by atoms with Crippen molar-refractivity contribution < 1.29 is 19.1 Å². The topological polar surface area (TPSA) is 67.9 Å². The molecule has 3 rings (SSSR count). The minimum absolute atomic E-state index is 0.0252. The molecule has 2 aromatic rings. The summed E-state index contributed by atoms with van der Waals surface area (Å²) >= 11 is 8.60. The SMILES string of the molecule is C=CCN1C(=O)/C(=C\c2cc(Br)c(OCc3ccccc3)c(OCC)c2)C(=O)NC1=S. The van der Waals surface area contributed by atoms with E-state index < -0.39 is 11.8 Å². The number of hydrogen-bond acceptors (Lipinski definition) is 5. The van der Waals surface area contributed by atoms with E-state index in [0.29, 0.717) is 34.7 Å². The van der Waals surface area contributed by atoms with Crippen LogP contribution in [0.15, 0.2) is 65.2 Å². The summed E-state index contributed by atoms with van der Waals surface area (Å²) in [5.41, 5.74) is 1.60. The Balaban J connectivity index is 1.92. The van der Waals surface area contributed by atoms with Crippen LogP contribution in [0.25, 0.3) is 6.08 Å². The monoisotopic (exact) mass is 500 g/mol. The maximum atomic E-state index is 12.8. The van der Waals surface area contributed by atoms with Crippen LogP contribution < -0.4 is 14.8 Å². The summed E-state index contributed by atoms with van der Waals surface area (Å²) in [4.78, 5) is 26.4. The number of rotatable bonds is 8. The molecule has 31 heavy (non-hydrogen) atoms. The number of nitrogens with zero attached hydrogens (tertiary/aromatic N) is 1. The van der Waals surface area contributed by atoms with Gasteiger partial charge in [0.15, 0.2) is 16.6 Å². The largest absolute Gasteiger partial charge is 0.490 e. The van der Waals surface area contributed by atoms with E-state index in [1.54, 1.807) is 18.2 Å². The molecule has 0 atom stereocenters. The number of carbonyl (C=O) groups is 2. The first kappa shape index (κ1) is 22.7. The number of nitrogens with one attached hydrogen (secondary N) is 1. The van der Waals surface area contributed by atoms with E-state index in [1.807, 2.05) is 37.3 Å². The van der Waals surface area contributed by atoms with E-state index in [9.17, 15) is 9.59 Å². The zero-order valence-electron chi connectivity index (χ0n) is 16.9. The van der Waals surface area contributed by atoms with Crippen molar-refractivity contribution in [2.75, 3.05) is 13.2 Å². The van der Waals surface area contributed by atoms with Gasteiger partial charge in [0, 0.05) is 6.54 Å². The van der Waals surface area contributed by atoms with Crippen LogP contribution in [0.1, 0.15) is 18.1 Å². The number of hydrogen-bond donors (Lipinski definition) is 1. The fourth-order valence-electron chi connectivity index (χ4n) is 2.96. The number of amides is 2. The lowest BCUT2D eigenvalue weighted by Crippen LogP contribution is -2.53. The van der Waals surface area contributed by atoms with E-state index in [0.717, 1.165) is 5.56 Å². The third kappa shape index (κ3) is 5.39. The minimum Gasteiger partial charge on any atom is -0.490 e. The molecular formula is C23H21BrN2O4S. The van der Waals surface area contributed by atoms with Crippen LogP contribution in [0.3, 0.4) is 0 Å². The quantitative estimate of drug-likeness (QED) is 0.254. The molecule has 8 heteroatoms. The lowest BCUT2D eigenvalue weighted by molar-refractivity contribution is -0.128. The van der Waals surface area contributed by atoms with Gasteiger partial charge in [0.05, 0.1) is 11.1 Å². The predicted octanol–water partition coefficient (Wildman–Crippen LogP) is 4.24. The van der Waals surface area contributed by atoms with Crippen LogP contribution >= 0.6 is 28.1 Å². The van der Waals surface area contributed by atoms with Gasteiger partial charge in [-0.3, -0.25) is 19.8 Å². The normalized spacial score (nSPS) is 15.1. The Labute approximate surface area is 194 Å². The van der Waals surface area contributed by atoms with Crippen molar-refractivity contribution in [3.8, 4) is 11.5 Å². The Kier molecular flexibility index (Phi) is 7.59. The van der Waals surface area contributed by atoms with Crippen molar-refractivity contribution >= 4 is 51.2 Å². The molecule has 0 aliphatic carbocycles. The van der Waals surface area contributed by atoms with Gasteiger partial charge >= 0.3 is 0 Å². The van der Waals surface area contributed by atoms with Crippen LogP contribution in [0.4, 0.5) is 0 Å². The van der Waals surface area contributed by atoms with E-state index in [1.165, 1.54) is 11.0 Å². The van der Waals surface area contributed by atoms with Gasteiger partial charge < -0.3 is 9.47 Å². The fraction of sp³-hybridized carbons (Fsp3) is 0.174. The van der Waals surface area contributed by atoms with E-state index in [2.05, 4.69) is 27.8 Å². The molecule has 160 valence electrons. The summed E-state index contributed by atoms with van der Waals surface area (Å²) in [7, 11) is 0. The molecule has 1 saturated heterocycles. The molecule has 1 N–H and O–H groups in total. The zero-order valence-corrected chi connectivity index (χ0v) is 19.3. The molecule has 0 unspecified atom stereocenters. The molecule has 1 aliphatic heterocycles. The fourth-order valence-corrected chi connectivity index (χ4v) is 3.78. The smallest absolute Gasteiger partial charge is 0.265 e.